The Bertz CT molecular complexity index is 478. The molecule has 0 spiro atoms. The Hall–Kier alpha value is -1.29. The van der Waals surface area contributed by atoms with Crippen molar-refractivity contribution in [2.24, 2.45) is 0 Å². The molecule has 0 aliphatic carbocycles. The fourth-order valence-electron chi connectivity index (χ4n) is 1.20. The zero-order chi connectivity index (χ0) is 13.7. The van der Waals surface area contributed by atoms with Gasteiger partial charge in [0.2, 0.25) is 0 Å². The van der Waals surface area contributed by atoms with Crippen LogP contribution in [0.4, 0.5) is 0 Å². The highest BCUT2D eigenvalue weighted by molar-refractivity contribution is 6.48. The topological polar surface area (TPSA) is 46.5 Å². The summed E-state index contributed by atoms with van der Waals surface area (Å²) >= 11 is 11.8. The van der Waals surface area contributed by atoms with E-state index in [1.54, 1.807) is 24.3 Å². The van der Waals surface area contributed by atoms with Crippen LogP contribution in [0.5, 0.6) is 0 Å². The van der Waals surface area contributed by atoms with Crippen LogP contribution in [0.25, 0.3) is 5.03 Å². The van der Waals surface area contributed by atoms with Gasteiger partial charge in [0.05, 0.1) is 12.7 Å². The van der Waals surface area contributed by atoms with E-state index in [0.717, 1.165) is 0 Å². The molecule has 0 bridgehead atoms. The van der Waals surface area contributed by atoms with Crippen molar-refractivity contribution in [3.05, 3.63) is 53.1 Å². The first kappa shape index (κ1) is 14.8. The third-order valence-corrected chi connectivity index (χ3v) is 2.82. The van der Waals surface area contributed by atoms with E-state index in [1.165, 1.54) is 13.2 Å². The van der Waals surface area contributed by atoms with Crippen molar-refractivity contribution >= 4 is 34.2 Å². The fraction of sp³-hybridized carbons (Fsp3) is 0.154. The van der Waals surface area contributed by atoms with Gasteiger partial charge in [0, 0.05) is 10.1 Å². The summed E-state index contributed by atoms with van der Waals surface area (Å²) in [5.74, 6) is -0.681. The highest BCUT2D eigenvalue weighted by atomic mass is 35.5. The number of benzene rings is 1. The summed E-state index contributed by atoms with van der Waals surface area (Å²) < 4.78 is 4.45. The molecule has 0 fully saturated rings. The van der Waals surface area contributed by atoms with Gasteiger partial charge in [0.15, 0.2) is 0 Å². The Morgan fingerprint density at radius 2 is 2.00 bits per heavy atom. The maximum absolute atomic E-state index is 11.1. The lowest BCUT2D eigenvalue weighted by molar-refractivity contribution is -0.136. The smallest absolute Gasteiger partial charge is 0.336 e. The average Bonchev–Trinajstić information content (AvgIpc) is 2.37. The standard InChI is InChI=1S/C13H12Cl2O3/c1-8(13(17)18-2)12(16)7-11(15)9-3-5-10(14)6-4-9/h3-7,12,16H,1H2,2H3/b11-7-. The molecular weight excluding hydrogens is 275 g/mol. The molecule has 1 N–H and O–H groups in total. The van der Waals surface area contributed by atoms with Gasteiger partial charge in [0.1, 0.15) is 6.10 Å². The Labute approximate surface area is 115 Å². The van der Waals surface area contributed by atoms with E-state index in [0.29, 0.717) is 15.6 Å². The predicted octanol–water partition coefficient (Wildman–Crippen LogP) is 3.01. The van der Waals surface area contributed by atoms with E-state index in [4.69, 9.17) is 23.2 Å². The molecule has 0 aliphatic rings. The molecule has 1 aromatic carbocycles. The van der Waals surface area contributed by atoms with Crippen LogP contribution in [0.1, 0.15) is 5.56 Å². The molecule has 1 unspecified atom stereocenters. The van der Waals surface area contributed by atoms with Gasteiger partial charge in [0.25, 0.3) is 0 Å². The van der Waals surface area contributed by atoms with Crippen LogP contribution >= 0.6 is 23.2 Å². The second kappa shape index (κ2) is 6.59. The molecule has 1 rings (SSSR count). The minimum Gasteiger partial charge on any atom is -0.466 e. The molecule has 0 saturated carbocycles. The molecule has 1 atom stereocenters. The molecule has 5 heteroatoms. The van der Waals surface area contributed by atoms with Crippen molar-refractivity contribution in [1.82, 2.24) is 0 Å². The number of ether oxygens (including phenoxy) is 1. The number of methoxy groups -OCH3 is 1. The van der Waals surface area contributed by atoms with E-state index < -0.39 is 12.1 Å². The summed E-state index contributed by atoms with van der Waals surface area (Å²) in [6, 6.07) is 6.76. The van der Waals surface area contributed by atoms with Gasteiger partial charge in [-0.15, -0.1) is 0 Å². The highest BCUT2D eigenvalue weighted by Crippen LogP contribution is 2.22. The summed E-state index contributed by atoms with van der Waals surface area (Å²) in [4.78, 5) is 11.1. The fourth-order valence-corrected chi connectivity index (χ4v) is 1.57. The largest absolute Gasteiger partial charge is 0.466 e. The average molecular weight is 287 g/mol. The predicted molar refractivity (Wildman–Crippen MR) is 72.4 cm³/mol. The van der Waals surface area contributed by atoms with Crippen molar-refractivity contribution in [2.45, 2.75) is 6.10 Å². The monoisotopic (exact) mass is 286 g/mol. The second-order valence-electron chi connectivity index (χ2n) is 3.48. The molecule has 18 heavy (non-hydrogen) atoms. The molecule has 0 aromatic heterocycles. The van der Waals surface area contributed by atoms with Crippen molar-refractivity contribution in [1.29, 1.82) is 0 Å². The molecule has 96 valence electrons. The molecule has 3 nitrogen and oxygen atoms in total. The first-order chi connectivity index (χ1) is 8.45. The van der Waals surface area contributed by atoms with Gasteiger partial charge in [-0.2, -0.15) is 0 Å². The van der Waals surface area contributed by atoms with Crippen LogP contribution < -0.4 is 0 Å². The molecule has 1 aromatic rings. The maximum Gasteiger partial charge on any atom is 0.336 e. The molecule has 0 amide bonds. The lowest BCUT2D eigenvalue weighted by Gasteiger charge is -2.08. The first-order valence-corrected chi connectivity index (χ1v) is 5.79. The number of rotatable bonds is 4. The van der Waals surface area contributed by atoms with Crippen LogP contribution in [0.15, 0.2) is 42.5 Å². The van der Waals surface area contributed by atoms with Gasteiger partial charge in [-0.1, -0.05) is 41.9 Å². The van der Waals surface area contributed by atoms with Crippen LogP contribution in [0, 0.1) is 0 Å². The van der Waals surface area contributed by atoms with Crippen LogP contribution in [0.3, 0.4) is 0 Å². The van der Waals surface area contributed by atoms with Gasteiger partial charge >= 0.3 is 5.97 Å². The Kier molecular flexibility index (Phi) is 5.41. The van der Waals surface area contributed by atoms with Crippen LogP contribution in [-0.2, 0) is 9.53 Å². The first-order valence-electron chi connectivity index (χ1n) is 5.04. The molecule has 0 saturated heterocycles. The Balaban J connectivity index is 2.86. The SMILES string of the molecule is C=C(C(=O)OC)C(O)/C=C(\Cl)c1ccc(Cl)cc1. The summed E-state index contributed by atoms with van der Waals surface area (Å²) in [5, 5.41) is 10.6. The summed E-state index contributed by atoms with van der Waals surface area (Å²) in [6.45, 7) is 3.44. The van der Waals surface area contributed by atoms with Crippen molar-refractivity contribution in [2.75, 3.05) is 7.11 Å². The van der Waals surface area contributed by atoms with E-state index in [1.807, 2.05) is 0 Å². The van der Waals surface area contributed by atoms with Gasteiger partial charge in [-0.25, -0.2) is 4.79 Å². The minimum absolute atomic E-state index is 0.0791. The molecule has 0 aliphatic heterocycles. The van der Waals surface area contributed by atoms with Crippen molar-refractivity contribution in [3.8, 4) is 0 Å². The van der Waals surface area contributed by atoms with Crippen molar-refractivity contribution in [3.63, 3.8) is 0 Å². The Morgan fingerprint density at radius 1 is 1.44 bits per heavy atom. The highest BCUT2D eigenvalue weighted by Gasteiger charge is 2.15. The molecule has 0 radical (unpaired) electrons. The number of hydrogen-bond acceptors (Lipinski definition) is 3. The zero-order valence-electron chi connectivity index (χ0n) is 9.69. The Morgan fingerprint density at radius 3 is 2.50 bits per heavy atom. The third kappa shape index (κ3) is 3.88. The minimum atomic E-state index is -1.19. The summed E-state index contributed by atoms with van der Waals surface area (Å²) in [5.41, 5.74) is 0.599. The van der Waals surface area contributed by atoms with E-state index in [-0.39, 0.29) is 5.57 Å². The molecular formula is C13H12Cl2O3. The lowest BCUT2D eigenvalue weighted by atomic mass is 10.1. The zero-order valence-corrected chi connectivity index (χ0v) is 11.2. The number of hydrogen-bond donors (Lipinski definition) is 1. The van der Waals surface area contributed by atoms with Crippen LogP contribution in [0.2, 0.25) is 5.02 Å². The van der Waals surface area contributed by atoms with Gasteiger partial charge < -0.3 is 9.84 Å². The number of aliphatic hydroxyl groups is 1. The third-order valence-electron chi connectivity index (χ3n) is 2.23. The van der Waals surface area contributed by atoms with Gasteiger partial charge in [-0.05, 0) is 23.8 Å². The van der Waals surface area contributed by atoms with E-state index in [2.05, 4.69) is 11.3 Å². The van der Waals surface area contributed by atoms with E-state index >= 15 is 0 Å². The molecule has 0 heterocycles. The van der Waals surface area contributed by atoms with Gasteiger partial charge in [-0.3, -0.25) is 0 Å². The maximum atomic E-state index is 11.1. The second-order valence-corrected chi connectivity index (χ2v) is 4.33. The van der Waals surface area contributed by atoms with E-state index in [9.17, 15) is 9.90 Å². The number of aliphatic hydroxyl groups excluding tert-OH is 1. The quantitative estimate of drug-likeness (QED) is 0.684. The number of esters is 1. The number of carbonyl (C=O) groups excluding carboxylic acids is 1. The number of carbonyl (C=O) groups is 1. The summed E-state index contributed by atoms with van der Waals surface area (Å²) in [6.07, 6.45) is 0.116. The summed E-state index contributed by atoms with van der Waals surface area (Å²) in [7, 11) is 1.21. The normalized spacial score (nSPS) is 13.0. The number of halogens is 2. The van der Waals surface area contributed by atoms with Crippen molar-refractivity contribution < 1.29 is 14.6 Å². The lowest BCUT2D eigenvalue weighted by Crippen LogP contribution is -2.16. The van der Waals surface area contributed by atoms with Crippen LogP contribution in [-0.4, -0.2) is 24.3 Å².